The lowest BCUT2D eigenvalue weighted by Gasteiger charge is -2.29. The third kappa shape index (κ3) is 9.14. The molecule has 1 aliphatic rings. The monoisotopic (exact) mass is 446 g/mol. The molecule has 0 spiro atoms. The Morgan fingerprint density at radius 1 is 1.39 bits per heavy atom. The number of nitrogens with two attached hydrogens (primary N) is 1. The number of hydrogen-bond donors (Lipinski definition) is 5. The number of aryl methyl sites for hydroxylation is 2. The maximum absolute atomic E-state index is 10.7. The van der Waals surface area contributed by atoms with Crippen LogP contribution in [0.4, 0.5) is 0 Å². The van der Waals surface area contributed by atoms with Crippen molar-refractivity contribution >= 4 is 12.6 Å². The van der Waals surface area contributed by atoms with E-state index in [4.69, 9.17) is 5.11 Å². The Morgan fingerprint density at radius 3 is 2.68 bits per heavy atom. The third-order valence-electron chi connectivity index (χ3n) is 5.90. The smallest absolute Gasteiger partial charge is 0.0946 e. The Labute approximate surface area is 194 Å². The van der Waals surface area contributed by atoms with E-state index in [0.29, 0.717) is 12.6 Å². The van der Waals surface area contributed by atoms with Crippen molar-refractivity contribution in [2.45, 2.75) is 77.9 Å². The fraction of sp³-hybridized carbons (Fsp3) is 0.538. The van der Waals surface area contributed by atoms with Crippen LogP contribution in [-0.2, 0) is 12.8 Å². The second kappa shape index (κ2) is 15.2. The first-order valence-corrected chi connectivity index (χ1v) is 11.9. The normalized spacial score (nSPS) is 18.4. The van der Waals surface area contributed by atoms with Crippen LogP contribution in [0.2, 0.25) is 0 Å². The molecule has 0 heterocycles. The van der Waals surface area contributed by atoms with Crippen molar-refractivity contribution in [3.05, 3.63) is 70.5 Å². The van der Waals surface area contributed by atoms with E-state index in [1.807, 2.05) is 6.08 Å². The Hall–Kier alpha value is -1.69. The summed E-state index contributed by atoms with van der Waals surface area (Å²) in [6.07, 6.45) is 10.9. The van der Waals surface area contributed by atoms with Gasteiger partial charge in [-0.05, 0) is 71.6 Å². The van der Waals surface area contributed by atoms with Crippen LogP contribution in [0.3, 0.4) is 0 Å². The van der Waals surface area contributed by atoms with Crippen molar-refractivity contribution < 1.29 is 10.2 Å². The molecular formula is C26H42N2O2S. The van der Waals surface area contributed by atoms with E-state index in [9.17, 15) is 5.11 Å². The van der Waals surface area contributed by atoms with E-state index in [1.165, 1.54) is 35.1 Å². The Bertz CT molecular complexity index is 726. The number of nitrogens with one attached hydrogen (secondary N) is 1. The van der Waals surface area contributed by atoms with Crippen LogP contribution in [0.15, 0.2) is 53.8 Å². The largest absolute Gasteiger partial charge is 0.514 e. The number of hydrogen-bond acceptors (Lipinski definition) is 5. The summed E-state index contributed by atoms with van der Waals surface area (Å²) < 4.78 is 0. The maximum Gasteiger partial charge on any atom is 0.0946 e. The lowest BCUT2D eigenvalue weighted by Crippen LogP contribution is -2.35. The van der Waals surface area contributed by atoms with Crippen molar-refractivity contribution in [2.75, 3.05) is 6.54 Å². The number of fused-ring (bicyclic) bond motifs is 1. The van der Waals surface area contributed by atoms with Crippen LogP contribution in [-0.4, -0.2) is 22.9 Å². The Balaban J connectivity index is 0.00000110. The zero-order chi connectivity index (χ0) is 23.2. The molecule has 0 fully saturated rings. The van der Waals surface area contributed by atoms with E-state index in [2.05, 4.69) is 69.2 Å². The first kappa shape index (κ1) is 27.3. The number of allylic oxidation sites excluding steroid dienone is 3. The molecule has 0 bridgehead atoms. The summed E-state index contributed by atoms with van der Waals surface area (Å²) in [4.78, 5) is 1.06. The minimum atomic E-state index is -0.375. The van der Waals surface area contributed by atoms with Crippen molar-refractivity contribution in [1.29, 1.82) is 0 Å². The van der Waals surface area contributed by atoms with Gasteiger partial charge in [-0.3, -0.25) is 0 Å². The van der Waals surface area contributed by atoms with Gasteiger partial charge < -0.3 is 21.3 Å². The third-order valence-corrected chi connectivity index (χ3v) is 6.37. The highest BCUT2D eigenvalue weighted by Gasteiger charge is 2.22. The molecule has 1 aromatic rings. The van der Waals surface area contributed by atoms with Gasteiger partial charge in [-0.2, -0.15) is 0 Å². The average Bonchev–Trinajstić information content (AvgIpc) is 2.80. The van der Waals surface area contributed by atoms with Gasteiger partial charge in [0.15, 0.2) is 0 Å². The van der Waals surface area contributed by atoms with Crippen molar-refractivity contribution in [3.63, 3.8) is 0 Å². The van der Waals surface area contributed by atoms with Crippen molar-refractivity contribution in [1.82, 2.24) is 5.32 Å². The predicted molar refractivity (Wildman–Crippen MR) is 136 cm³/mol. The van der Waals surface area contributed by atoms with Gasteiger partial charge in [-0.1, -0.05) is 58.0 Å². The summed E-state index contributed by atoms with van der Waals surface area (Å²) in [5.41, 5.74) is 10.1. The van der Waals surface area contributed by atoms with Gasteiger partial charge >= 0.3 is 0 Å². The zero-order valence-electron chi connectivity index (χ0n) is 19.5. The van der Waals surface area contributed by atoms with E-state index >= 15 is 0 Å². The molecule has 0 aromatic heterocycles. The van der Waals surface area contributed by atoms with Gasteiger partial charge in [0.1, 0.15) is 0 Å². The highest BCUT2D eigenvalue weighted by molar-refractivity contribution is 7.84. The standard InChI is InChI=1S/C24H37NOS.C2H5NO/c1-5-9-19(7-3)24(27)14-17(4)23(26)16-25-22-11-8-10-20-13-12-18(6-2)15-21(20)22;3-1-2-4/h7,12-13,15,17,22-23,25-27H,3,5-6,8-11,14,16H2,1-2,4H3;1-2,4H,3H2/b24-19+;2-1-. The molecule has 174 valence electrons. The summed E-state index contributed by atoms with van der Waals surface area (Å²) >= 11 is 4.68. The number of aliphatic hydroxyl groups is 2. The molecule has 1 aromatic carbocycles. The van der Waals surface area contributed by atoms with Gasteiger partial charge in [0.25, 0.3) is 0 Å². The number of benzene rings is 1. The molecular weight excluding hydrogens is 404 g/mol. The molecule has 5 N–H and O–H groups in total. The summed E-state index contributed by atoms with van der Waals surface area (Å²) in [6, 6.07) is 7.27. The second-order valence-electron chi connectivity index (χ2n) is 8.26. The molecule has 4 nitrogen and oxygen atoms in total. The molecule has 1 aliphatic carbocycles. The molecule has 0 amide bonds. The Morgan fingerprint density at radius 2 is 2.10 bits per heavy atom. The van der Waals surface area contributed by atoms with Crippen LogP contribution in [0.5, 0.6) is 0 Å². The zero-order valence-corrected chi connectivity index (χ0v) is 20.4. The topological polar surface area (TPSA) is 78.5 Å². The van der Waals surface area contributed by atoms with Gasteiger partial charge in [-0.25, -0.2) is 0 Å². The number of aliphatic hydroxyl groups excluding tert-OH is 2. The molecule has 0 aliphatic heterocycles. The van der Waals surface area contributed by atoms with Crippen LogP contribution in [0.1, 0.15) is 75.6 Å². The molecule has 0 saturated carbocycles. The second-order valence-corrected chi connectivity index (χ2v) is 8.80. The van der Waals surface area contributed by atoms with Crippen LogP contribution >= 0.6 is 12.6 Å². The van der Waals surface area contributed by atoms with E-state index in [1.54, 1.807) is 0 Å². The number of thiol groups is 1. The first-order valence-electron chi connectivity index (χ1n) is 11.5. The van der Waals surface area contributed by atoms with Gasteiger partial charge in [0.05, 0.1) is 12.4 Å². The minimum absolute atomic E-state index is 0.168. The fourth-order valence-electron chi connectivity index (χ4n) is 3.95. The SMILES string of the molecule is C=C/C(CCC)=C(\S)CC(C)C(O)CNC1CCCc2ccc(CC)cc21.N/C=C\O. The minimum Gasteiger partial charge on any atom is -0.514 e. The fourth-order valence-corrected chi connectivity index (χ4v) is 4.44. The lowest BCUT2D eigenvalue weighted by molar-refractivity contribution is 0.111. The first-order chi connectivity index (χ1) is 14.9. The molecule has 3 atom stereocenters. The van der Waals surface area contributed by atoms with E-state index in [0.717, 1.165) is 49.5 Å². The summed E-state index contributed by atoms with van der Waals surface area (Å²) in [5.74, 6) is 0.168. The van der Waals surface area contributed by atoms with Crippen molar-refractivity contribution in [3.8, 4) is 0 Å². The molecule has 3 unspecified atom stereocenters. The van der Waals surface area contributed by atoms with Crippen molar-refractivity contribution in [2.24, 2.45) is 11.7 Å². The molecule has 0 saturated heterocycles. The highest BCUT2D eigenvalue weighted by atomic mass is 32.1. The lowest BCUT2D eigenvalue weighted by atomic mass is 9.86. The summed E-state index contributed by atoms with van der Waals surface area (Å²) in [6.45, 7) is 11.0. The molecule has 5 heteroatoms. The maximum atomic E-state index is 10.7. The molecule has 31 heavy (non-hydrogen) atoms. The Kier molecular flexibility index (Phi) is 13.4. The number of rotatable bonds is 10. The molecule has 0 radical (unpaired) electrons. The van der Waals surface area contributed by atoms with Gasteiger partial charge in [-0.15, -0.1) is 12.6 Å². The van der Waals surface area contributed by atoms with Crippen LogP contribution in [0, 0.1) is 5.92 Å². The highest BCUT2D eigenvalue weighted by Crippen LogP contribution is 2.31. The predicted octanol–water partition coefficient (Wildman–Crippen LogP) is 5.75. The van der Waals surface area contributed by atoms with E-state index in [-0.39, 0.29) is 12.0 Å². The summed E-state index contributed by atoms with van der Waals surface area (Å²) in [7, 11) is 0. The van der Waals surface area contributed by atoms with Crippen LogP contribution < -0.4 is 11.1 Å². The van der Waals surface area contributed by atoms with E-state index < -0.39 is 0 Å². The molecule has 2 rings (SSSR count). The van der Waals surface area contributed by atoms with Crippen LogP contribution in [0.25, 0.3) is 0 Å². The van der Waals surface area contributed by atoms with Gasteiger partial charge in [0.2, 0.25) is 0 Å². The average molecular weight is 447 g/mol. The quantitative estimate of drug-likeness (QED) is 0.180. The van der Waals surface area contributed by atoms with Gasteiger partial charge in [0, 0.05) is 18.8 Å². The summed E-state index contributed by atoms with van der Waals surface area (Å²) in [5, 5.41) is 21.9.